The van der Waals surface area contributed by atoms with Crippen molar-refractivity contribution in [1.82, 2.24) is 9.78 Å². The molecule has 0 saturated carbocycles. The molecule has 5 nitrogen and oxygen atoms in total. The number of rotatable bonds is 8. The second-order valence-corrected chi connectivity index (χ2v) is 11.0. The standard InChI is InChI=1S/C34H37N3O2/c1-5-36-22-30(21-35-36)28-13-16-32-29(20-28)19-24(4)37(31-14-8-26(9-15-31)18-23(2)3)34(32)27-11-6-25(7-12-27)10-17-33(38)39/h6-17,20-24,34H,5,18-19H2,1-4H3,(H,38,39)/b17-10+/t24-,34-/m1/s1. The Balaban J connectivity index is 1.57. The molecule has 5 rings (SSSR count). The van der Waals surface area contributed by atoms with E-state index < -0.39 is 5.97 Å². The summed E-state index contributed by atoms with van der Waals surface area (Å²) in [4.78, 5) is 13.5. The number of nitrogens with zero attached hydrogens (tertiary/aromatic N) is 3. The third kappa shape index (κ3) is 5.83. The summed E-state index contributed by atoms with van der Waals surface area (Å²) in [5.74, 6) is -0.321. The lowest BCUT2D eigenvalue weighted by molar-refractivity contribution is -0.131. The van der Waals surface area contributed by atoms with E-state index in [2.05, 4.69) is 98.5 Å². The monoisotopic (exact) mass is 519 g/mol. The van der Waals surface area contributed by atoms with Crippen molar-refractivity contribution in [3.63, 3.8) is 0 Å². The van der Waals surface area contributed by atoms with Crippen LogP contribution in [0.3, 0.4) is 0 Å². The molecule has 0 amide bonds. The second kappa shape index (κ2) is 11.3. The number of benzene rings is 3. The van der Waals surface area contributed by atoms with Gasteiger partial charge >= 0.3 is 5.97 Å². The topological polar surface area (TPSA) is 58.4 Å². The van der Waals surface area contributed by atoms with Crippen LogP contribution in [0, 0.1) is 5.92 Å². The summed E-state index contributed by atoms with van der Waals surface area (Å²) in [6, 6.07) is 24.5. The molecule has 1 N–H and O–H groups in total. The summed E-state index contributed by atoms with van der Waals surface area (Å²) in [6.07, 6.45) is 8.90. The van der Waals surface area contributed by atoms with Crippen molar-refractivity contribution in [2.45, 2.75) is 59.2 Å². The van der Waals surface area contributed by atoms with Gasteiger partial charge < -0.3 is 10.0 Å². The van der Waals surface area contributed by atoms with Crippen LogP contribution in [-0.4, -0.2) is 26.9 Å². The fourth-order valence-corrected chi connectivity index (χ4v) is 5.71. The number of fused-ring (bicyclic) bond motifs is 1. The van der Waals surface area contributed by atoms with Gasteiger partial charge in [0.1, 0.15) is 0 Å². The third-order valence-corrected chi connectivity index (χ3v) is 7.55. The van der Waals surface area contributed by atoms with Gasteiger partial charge in [-0.05, 0) is 84.2 Å². The minimum absolute atomic E-state index is 0.0459. The molecule has 1 aromatic heterocycles. The number of hydrogen-bond donors (Lipinski definition) is 1. The summed E-state index contributed by atoms with van der Waals surface area (Å²) < 4.78 is 1.96. The molecular formula is C34H37N3O2. The molecule has 3 aromatic carbocycles. The molecule has 4 aromatic rings. The molecule has 1 aliphatic heterocycles. The Morgan fingerprint density at radius 2 is 1.79 bits per heavy atom. The van der Waals surface area contributed by atoms with Crippen LogP contribution in [0.5, 0.6) is 0 Å². The van der Waals surface area contributed by atoms with Gasteiger partial charge in [-0.3, -0.25) is 4.68 Å². The second-order valence-electron chi connectivity index (χ2n) is 11.0. The molecular weight excluding hydrogens is 482 g/mol. The Hall–Kier alpha value is -4.12. The van der Waals surface area contributed by atoms with E-state index in [9.17, 15) is 4.79 Å². The Morgan fingerprint density at radius 1 is 1.05 bits per heavy atom. The lowest BCUT2D eigenvalue weighted by Crippen LogP contribution is -2.42. The zero-order chi connectivity index (χ0) is 27.5. The number of aromatic nitrogens is 2. The lowest BCUT2D eigenvalue weighted by atomic mass is 9.83. The van der Waals surface area contributed by atoms with Gasteiger partial charge in [-0.2, -0.15) is 5.10 Å². The van der Waals surface area contributed by atoms with Crippen molar-refractivity contribution in [2.75, 3.05) is 4.90 Å². The van der Waals surface area contributed by atoms with Gasteiger partial charge in [-0.25, -0.2) is 4.79 Å². The predicted octanol–water partition coefficient (Wildman–Crippen LogP) is 7.41. The van der Waals surface area contributed by atoms with Gasteiger partial charge in [0.25, 0.3) is 0 Å². The zero-order valence-electron chi connectivity index (χ0n) is 23.2. The minimum Gasteiger partial charge on any atom is -0.478 e. The van der Waals surface area contributed by atoms with Crippen LogP contribution in [-0.2, 0) is 24.2 Å². The molecule has 2 atom stereocenters. The van der Waals surface area contributed by atoms with Crippen LogP contribution in [0.1, 0.15) is 61.6 Å². The molecule has 0 radical (unpaired) electrons. The van der Waals surface area contributed by atoms with E-state index in [1.807, 2.05) is 23.0 Å². The Kier molecular flexibility index (Phi) is 7.69. The molecule has 5 heteroatoms. The molecule has 2 heterocycles. The van der Waals surface area contributed by atoms with Gasteiger partial charge in [0.2, 0.25) is 0 Å². The first kappa shape index (κ1) is 26.5. The van der Waals surface area contributed by atoms with Crippen LogP contribution in [0.25, 0.3) is 17.2 Å². The van der Waals surface area contributed by atoms with E-state index in [1.165, 1.54) is 39.6 Å². The summed E-state index contributed by atoms with van der Waals surface area (Å²) in [5, 5.41) is 13.5. The normalized spacial score (nSPS) is 17.1. The highest BCUT2D eigenvalue weighted by molar-refractivity contribution is 5.85. The van der Waals surface area contributed by atoms with E-state index in [0.717, 1.165) is 30.5 Å². The summed E-state index contributed by atoms with van der Waals surface area (Å²) in [7, 11) is 0. The Morgan fingerprint density at radius 3 is 2.44 bits per heavy atom. The maximum Gasteiger partial charge on any atom is 0.328 e. The highest BCUT2D eigenvalue weighted by Crippen LogP contribution is 2.42. The quantitative estimate of drug-likeness (QED) is 0.246. The fraction of sp³-hybridized carbons (Fsp3) is 0.294. The van der Waals surface area contributed by atoms with Crippen molar-refractivity contribution < 1.29 is 9.90 Å². The average Bonchev–Trinajstić information content (AvgIpc) is 3.41. The van der Waals surface area contributed by atoms with E-state index in [-0.39, 0.29) is 6.04 Å². The molecule has 0 spiro atoms. The number of aryl methyl sites for hydroxylation is 1. The first-order valence-electron chi connectivity index (χ1n) is 13.9. The summed E-state index contributed by atoms with van der Waals surface area (Å²) in [6.45, 7) is 9.77. The molecule has 0 fully saturated rings. The van der Waals surface area contributed by atoms with Crippen LogP contribution >= 0.6 is 0 Å². The fourth-order valence-electron chi connectivity index (χ4n) is 5.71. The Bertz CT molecular complexity index is 1470. The van der Waals surface area contributed by atoms with Crippen molar-refractivity contribution in [3.05, 3.63) is 113 Å². The number of carbonyl (C=O) groups is 1. The number of hydrogen-bond acceptors (Lipinski definition) is 3. The Labute approximate surface area is 231 Å². The predicted molar refractivity (Wildman–Crippen MR) is 159 cm³/mol. The van der Waals surface area contributed by atoms with E-state index in [1.54, 1.807) is 6.08 Å². The number of carboxylic acid groups (broad SMARTS) is 1. The van der Waals surface area contributed by atoms with Crippen LogP contribution in [0.15, 0.2) is 85.2 Å². The van der Waals surface area contributed by atoms with Crippen LogP contribution in [0.4, 0.5) is 5.69 Å². The largest absolute Gasteiger partial charge is 0.478 e. The van der Waals surface area contributed by atoms with E-state index in [4.69, 9.17) is 5.11 Å². The van der Waals surface area contributed by atoms with E-state index >= 15 is 0 Å². The molecule has 0 aliphatic carbocycles. The van der Waals surface area contributed by atoms with Crippen molar-refractivity contribution in [1.29, 1.82) is 0 Å². The zero-order valence-corrected chi connectivity index (χ0v) is 23.2. The highest BCUT2D eigenvalue weighted by Gasteiger charge is 2.33. The molecule has 0 saturated heterocycles. The van der Waals surface area contributed by atoms with Gasteiger partial charge in [-0.15, -0.1) is 0 Å². The highest BCUT2D eigenvalue weighted by atomic mass is 16.4. The van der Waals surface area contributed by atoms with Crippen LogP contribution < -0.4 is 4.90 Å². The minimum atomic E-state index is -0.943. The van der Waals surface area contributed by atoms with Crippen LogP contribution in [0.2, 0.25) is 0 Å². The maximum absolute atomic E-state index is 11.0. The molecule has 0 unspecified atom stereocenters. The third-order valence-electron chi connectivity index (χ3n) is 7.55. The summed E-state index contributed by atoms with van der Waals surface area (Å²) >= 11 is 0. The van der Waals surface area contributed by atoms with E-state index in [0.29, 0.717) is 12.0 Å². The lowest BCUT2D eigenvalue weighted by Gasteiger charge is -2.44. The number of carboxylic acids is 1. The van der Waals surface area contributed by atoms with Crippen molar-refractivity contribution in [3.8, 4) is 11.1 Å². The van der Waals surface area contributed by atoms with Gasteiger partial charge in [0.05, 0.1) is 12.2 Å². The maximum atomic E-state index is 11.0. The molecule has 39 heavy (non-hydrogen) atoms. The summed E-state index contributed by atoms with van der Waals surface area (Å²) in [5.41, 5.74) is 9.64. The smallest absolute Gasteiger partial charge is 0.328 e. The number of anilines is 1. The first-order valence-corrected chi connectivity index (χ1v) is 13.9. The van der Waals surface area contributed by atoms with Crippen molar-refractivity contribution >= 4 is 17.7 Å². The molecule has 200 valence electrons. The molecule has 0 bridgehead atoms. The van der Waals surface area contributed by atoms with Gasteiger partial charge in [0, 0.05) is 36.1 Å². The van der Waals surface area contributed by atoms with Crippen molar-refractivity contribution in [2.24, 2.45) is 5.92 Å². The van der Waals surface area contributed by atoms with Gasteiger partial charge in [0.15, 0.2) is 0 Å². The SMILES string of the molecule is CCn1cc(-c2ccc3c(c2)C[C@@H](C)N(c2ccc(CC(C)C)cc2)[C@@H]3c2ccc(/C=C/C(=O)O)cc2)cn1. The van der Waals surface area contributed by atoms with Gasteiger partial charge in [-0.1, -0.05) is 68.4 Å². The average molecular weight is 520 g/mol. The first-order chi connectivity index (χ1) is 18.8. The molecule has 1 aliphatic rings. The number of aliphatic carboxylic acids is 1.